The number of fused-ring (bicyclic) bond motifs is 1. The standard InChI is InChI=1S/C27H19IN2O4/c1-33-26-15-18(13-22(16-29)19-9-11-23(12-10-19)30(31)32)14-25(28)27(26)34-17-21-7-4-6-20-5-2-3-8-24(20)21/h2-15H,17H2,1H3/b22-13-. The summed E-state index contributed by atoms with van der Waals surface area (Å²) >= 11 is 2.19. The number of ether oxygens (including phenoxy) is 2. The first kappa shape index (κ1) is 23.3. The lowest BCUT2D eigenvalue weighted by molar-refractivity contribution is -0.384. The molecule has 0 heterocycles. The Kier molecular flexibility index (Phi) is 7.09. The molecule has 0 saturated heterocycles. The summed E-state index contributed by atoms with van der Waals surface area (Å²) in [5.41, 5.74) is 2.79. The summed E-state index contributed by atoms with van der Waals surface area (Å²) < 4.78 is 12.6. The Morgan fingerprint density at radius 1 is 1.09 bits per heavy atom. The summed E-state index contributed by atoms with van der Waals surface area (Å²) in [5, 5.41) is 22.8. The molecule has 0 spiro atoms. The van der Waals surface area contributed by atoms with E-state index in [0.29, 0.717) is 29.2 Å². The summed E-state index contributed by atoms with van der Waals surface area (Å²) in [5.74, 6) is 1.18. The maximum Gasteiger partial charge on any atom is 0.269 e. The highest BCUT2D eigenvalue weighted by Gasteiger charge is 2.13. The zero-order valence-corrected chi connectivity index (χ0v) is 20.4. The molecule has 34 heavy (non-hydrogen) atoms. The number of hydrogen-bond donors (Lipinski definition) is 0. The van der Waals surface area contributed by atoms with E-state index in [1.807, 2.05) is 36.4 Å². The summed E-state index contributed by atoms with van der Waals surface area (Å²) in [6.45, 7) is 0.384. The highest BCUT2D eigenvalue weighted by atomic mass is 127. The van der Waals surface area contributed by atoms with Crippen LogP contribution in [0.1, 0.15) is 16.7 Å². The molecule has 0 aliphatic rings. The molecule has 0 bridgehead atoms. The van der Waals surface area contributed by atoms with Crippen molar-refractivity contribution in [3.8, 4) is 17.6 Å². The lowest BCUT2D eigenvalue weighted by atomic mass is 10.0. The molecule has 0 radical (unpaired) electrons. The minimum atomic E-state index is -0.469. The fourth-order valence-corrected chi connectivity index (χ4v) is 4.42. The van der Waals surface area contributed by atoms with Crippen molar-refractivity contribution in [2.45, 2.75) is 6.61 Å². The van der Waals surface area contributed by atoms with Crippen LogP contribution in [0.5, 0.6) is 11.5 Å². The molecule has 4 rings (SSSR count). The molecule has 4 aromatic carbocycles. The molecular formula is C27H19IN2O4. The van der Waals surface area contributed by atoms with Crippen LogP contribution in [0, 0.1) is 25.0 Å². The average molecular weight is 562 g/mol. The molecule has 6 nitrogen and oxygen atoms in total. The number of hydrogen-bond acceptors (Lipinski definition) is 5. The fraction of sp³-hybridized carbons (Fsp3) is 0.0741. The Morgan fingerprint density at radius 3 is 2.53 bits per heavy atom. The van der Waals surface area contributed by atoms with Gasteiger partial charge in [0.25, 0.3) is 5.69 Å². The van der Waals surface area contributed by atoms with Gasteiger partial charge in [-0.15, -0.1) is 0 Å². The van der Waals surface area contributed by atoms with Gasteiger partial charge in [0.2, 0.25) is 0 Å². The van der Waals surface area contributed by atoms with Crippen molar-refractivity contribution in [1.29, 1.82) is 5.26 Å². The molecule has 168 valence electrons. The smallest absolute Gasteiger partial charge is 0.269 e. The molecule has 0 amide bonds. The van der Waals surface area contributed by atoms with Gasteiger partial charge in [-0.1, -0.05) is 42.5 Å². The van der Waals surface area contributed by atoms with Crippen molar-refractivity contribution >= 4 is 50.7 Å². The minimum absolute atomic E-state index is 0.0232. The highest BCUT2D eigenvalue weighted by molar-refractivity contribution is 14.1. The monoisotopic (exact) mass is 562 g/mol. The van der Waals surface area contributed by atoms with Gasteiger partial charge in [-0.2, -0.15) is 5.26 Å². The molecule has 0 N–H and O–H groups in total. The molecule has 0 unspecified atom stereocenters. The lowest BCUT2D eigenvalue weighted by Crippen LogP contribution is -2.01. The molecular weight excluding hydrogens is 543 g/mol. The summed E-state index contributed by atoms with van der Waals surface area (Å²) in [7, 11) is 1.57. The predicted octanol–water partition coefficient (Wildman–Crippen LogP) is 7.00. The maximum atomic E-state index is 10.9. The van der Waals surface area contributed by atoms with Crippen molar-refractivity contribution in [1.82, 2.24) is 0 Å². The van der Waals surface area contributed by atoms with E-state index < -0.39 is 4.92 Å². The van der Waals surface area contributed by atoms with Gasteiger partial charge in [-0.3, -0.25) is 10.1 Å². The molecule has 0 atom stereocenters. The molecule has 0 saturated carbocycles. The third-order valence-electron chi connectivity index (χ3n) is 5.32. The second-order valence-corrected chi connectivity index (χ2v) is 8.60. The lowest BCUT2D eigenvalue weighted by Gasteiger charge is -2.15. The Bertz CT molecular complexity index is 1430. The molecule has 0 aliphatic carbocycles. The van der Waals surface area contributed by atoms with Gasteiger partial charge in [0.05, 0.1) is 27.2 Å². The van der Waals surface area contributed by atoms with Crippen LogP contribution in [-0.4, -0.2) is 12.0 Å². The number of nitrogens with zero attached hydrogens (tertiary/aromatic N) is 2. The third-order valence-corrected chi connectivity index (χ3v) is 6.13. The number of methoxy groups -OCH3 is 1. The third kappa shape index (κ3) is 5.02. The summed E-state index contributed by atoms with van der Waals surface area (Å²) in [6.07, 6.45) is 1.72. The number of nitro groups is 1. The van der Waals surface area contributed by atoms with Gasteiger partial charge >= 0.3 is 0 Å². The van der Waals surface area contributed by atoms with Crippen LogP contribution in [0.2, 0.25) is 0 Å². The fourth-order valence-electron chi connectivity index (χ4n) is 3.64. The van der Waals surface area contributed by atoms with Crippen LogP contribution in [0.3, 0.4) is 0 Å². The number of rotatable bonds is 7. The van der Waals surface area contributed by atoms with Crippen molar-refractivity contribution < 1.29 is 14.4 Å². The van der Waals surface area contributed by atoms with Crippen LogP contribution in [-0.2, 0) is 6.61 Å². The first-order valence-corrected chi connectivity index (χ1v) is 11.4. The molecule has 7 heteroatoms. The van der Waals surface area contributed by atoms with Crippen LogP contribution >= 0.6 is 22.6 Å². The van der Waals surface area contributed by atoms with Crippen molar-refractivity contribution in [2.75, 3.05) is 7.11 Å². The number of nitro benzene ring substituents is 1. The van der Waals surface area contributed by atoms with E-state index in [-0.39, 0.29) is 5.69 Å². The highest BCUT2D eigenvalue weighted by Crippen LogP contribution is 2.36. The van der Waals surface area contributed by atoms with Crippen LogP contribution < -0.4 is 9.47 Å². The van der Waals surface area contributed by atoms with E-state index in [9.17, 15) is 15.4 Å². The Morgan fingerprint density at radius 2 is 1.82 bits per heavy atom. The van der Waals surface area contributed by atoms with Crippen LogP contribution in [0.4, 0.5) is 5.69 Å². The SMILES string of the molecule is COc1cc(/C=C(/C#N)c2ccc([N+](=O)[O-])cc2)cc(I)c1OCc1cccc2ccccc12. The Balaban J connectivity index is 1.62. The number of allylic oxidation sites excluding steroid dienone is 1. The number of benzene rings is 4. The van der Waals surface area contributed by atoms with Crippen molar-refractivity contribution in [3.05, 3.63) is 109 Å². The van der Waals surface area contributed by atoms with Gasteiger partial charge in [0, 0.05) is 12.1 Å². The summed E-state index contributed by atoms with van der Waals surface area (Å²) in [6, 6.07) is 26.1. The normalized spacial score (nSPS) is 11.1. The van der Waals surface area contributed by atoms with Crippen molar-refractivity contribution in [2.24, 2.45) is 0 Å². The van der Waals surface area contributed by atoms with Gasteiger partial charge in [0.1, 0.15) is 6.61 Å². The number of non-ortho nitro benzene ring substituents is 1. The number of nitriles is 1. The van der Waals surface area contributed by atoms with Crippen molar-refractivity contribution in [3.63, 3.8) is 0 Å². The van der Waals surface area contributed by atoms with E-state index >= 15 is 0 Å². The first-order valence-electron chi connectivity index (χ1n) is 10.3. The second-order valence-electron chi connectivity index (χ2n) is 7.43. The second kappa shape index (κ2) is 10.4. The average Bonchev–Trinajstić information content (AvgIpc) is 2.86. The van der Waals surface area contributed by atoms with E-state index in [4.69, 9.17) is 9.47 Å². The first-order chi connectivity index (χ1) is 16.5. The van der Waals surface area contributed by atoms with E-state index in [1.54, 1.807) is 25.3 Å². The van der Waals surface area contributed by atoms with Gasteiger partial charge in [-0.05, 0) is 80.4 Å². The zero-order chi connectivity index (χ0) is 24.1. The predicted molar refractivity (Wildman–Crippen MR) is 141 cm³/mol. The summed E-state index contributed by atoms with van der Waals surface area (Å²) in [4.78, 5) is 10.4. The number of halogens is 1. The van der Waals surface area contributed by atoms with E-state index in [1.165, 1.54) is 12.1 Å². The van der Waals surface area contributed by atoms with Crippen LogP contribution in [0.25, 0.3) is 22.4 Å². The molecule has 4 aromatic rings. The van der Waals surface area contributed by atoms with Gasteiger partial charge in [0.15, 0.2) is 11.5 Å². The topological polar surface area (TPSA) is 85.4 Å². The Hall–Kier alpha value is -3.90. The maximum absolute atomic E-state index is 10.9. The minimum Gasteiger partial charge on any atom is -0.493 e. The molecule has 0 aliphatic heterocycles. The van der Waals surface area contributed by atoms with Crippen LogP contribution in [0.15, 0.2) is 78.9 Å². The largest absolute Gasteiger partial charge is 0.493 e. The zero-order valence-electron chi connectivity index (χ0n) is 18.2. The van der Waals surface area contributed by atoms with E-state index in [2.05, 4.69) is 46.9 Å². The Labute approximate surface area is 210 Å². The molecule has 0 fully saturated rings. The van der Waals surface area contributed by atoms with E-state index in [0.717, 1.165) is 25.5 Å². The van der Waals surface area contributed by atoms with Gasteiger partial charge in [-0.25, -0.2) is 0 Å². The quantitative estimate of drug-likeness (QED) is 0.0796. The van der Waals surface area contributed by atoms with Gasteiger partial charge < -0.3 is 9.47 Å². The molecule has 0 aromatic heterocycles.